The number of rotatable bonds is 5. The number of nitrogens with one attached hydrogen (secondary N) is 1. The van der Waals surface area contributed by atoms with Gasteiger partial charge in [0.2, 0.25) is 0 Å². The van der Waals surface area contributed by atoms with E-state index in [9.17, 15) is 17.6 Å². The van der Waals surface area contributed by atoms with Gasteiger partial charge in [-0.1, -0.05) is 23.5 Å². The minimum atomic E-state index is -3.36. The first-order valence-corrected chi connectivity index (χ1v) is 10.7. The second kappa shape index (κ2) is 8.11. The van der Waals surface area contributed by atoms with Crippen LogP contribution in [0.1, 0.15) is 5.56 Å². The van der Waals surface area contributed by atoms with E-state index in [-0.39, 0.29) is 15.7 Å². The van der Waals surface area contributed by atoms with Crippen molar-refractivity contribution in [1.82, 2.24) is 9.99 Å². The standard InChI is InChI=1S/C16H17FN4O4S2/c1-27(23,24)12-4-2-11(3-5-12)14(20-21-6-8-25-9-7-21)15(22)19-16-18-10-13(17)26-16/h2-5,10H,6-9H2,1H3,(H,18,19,22). The number of benzene rings is 1. The predicted molar refractivity (Wildman–Crippen MR) is 99.2 cm³/mol. The van der Waals surface area contributed by atoms with Gasteiger partial charge in [-0.2, -0.15) is 9.49 Å². The monoisotopic (exact) mass is 412 g/mol. The van der Waals surface area contributed by atoms with Crippen molar-refractivity contribution in [3.8, 4) is 0 Å². The van der Waals surface area contributed by atoms with Crippen molar-refractivity contribution in [1.29, 1.82) is 0 Å². The summed E-state index contributed by atoms with van der Waals surface area (Å²) < 4.78 is 41.7. The number of hydrogen-bond acceptors (Lipinski definition) is 8. The summed E-state index contributed by atoms with van der Waals surface area (Å²) in [6.07, 6.45) is 2.12. The first-order chi connectivity index (χ1) is 12.8. The second-order valence-electron chi connectivity index (χ2n) is 5.73. The number of carbonyl (C=O) groups excluding carboxylic acids is 1. The van der Waals surface area contributed by atoms with Crippen LogP contribution in [0.4, 0.5) is 9.52 Å². The Balaban J connectivity index is 1.91. The third-order valence-electron chi connectivity index (χ3n) is 3.70. The highest BCUT2D eigenvalue weighted by Gasteiger charge is 2.20. The van der Waals surface area contributed by atoms with Gasteiger partial charge in [-0.05, 0) is 12.1 Å². The SMILES string of the molecule is CS(=O)(=O)c1ccc(C(=NN2CCOCC2)C(=O)Nc2ncc(F)s2)cc1. The lowest BCUT2D eigenvalue weighted by Gasteiger charge is -2.24. The molecule has 0 aliphatic carbocycles. The van der Waals surface area contributed by atoms with E-state index in [0.717, 1.165) is 12.5 Å². The van der Waals surface area contributed by atoms with Gasteiger partial charge in [-0.3, -0.25) is 15.1 Å². The zero-order chi connectivity index (χ0) is 19.4. The zero-order valence-corrected chi connectivity index (χ0v) is 16.0. The van der Waals surface area contributed by atoms with E-state index in [1.807, 2.05) is 0 Å². The lowest BCUT2D eigenvalue weighted by atomic mass is 10.1. The molecule has 0 saturated carbocycles. The quantitative estimate of drug-likeness (QED) is 0.745. The van der Waals surface area contributed by atoms with Crippen molar-refractivity contribution in [2.45, 2.75) is 4.90 Å². The molecule has 1 saturated heterocycles. The number of hydrogen-bond donors (Lipinski definition) is 1. The van der Waals surface area contributed by atoms with Crippen molar-refractivity contribution in [3.05, 3.63) is 41.2 Å². The molecule has 144 valence electrons. The summed E-state index contributed by atoms with van der Waals surface area (Å²) >= 11 is 0.703. The fourth-order valence-electron chi connectivity index (χ4n) is 2.36. The number of hydrazone groups is 1. The first-order valence-electron chi connectivity index (χ1n) is 7.97. The number of thiazole rings is 1. The minimum Gasteiger partial charge on any atom is -0.378 e. The van der Waals surface area contributed by atoms with Crippen molar-refractivity contribution in [2.75, 3.05) is 37.9 Å². The van der Waals surface area contributed by atoms with Gasteiger partial charge < -0.3 is 4.74 Å². The Labute approximate surface area is 159 Å². The molecule has 1 aromatic heterocycles. The van der Waals surface area contributed by atoms with E-state index in [0.29, 0.717) is 43.2 Å². The van der Waals surface area contributed by atoms with Crippen molar-refractivity contribution >= 4 is 37.9 Å². The third kappa shape index (κ3) is 5.08. The van der Waals surface area contributed by atoms with E-state index in [1.54, 1.807) is 5.01 Å². The summed E-state index contributed by atoms with van der Waals surface area (Å²) in [5, 5.41) is 8.20. The van der Waals surface area contributed by atoms with E-state index >= 15 is 0 Å². The number of carbonyl (C=O) groups is 1. The van der Waals surface area contributed by atoms with Gasteiger partial charge in [0.05, 0.1) is 37.4 Å². The zero-order valence-electron chi connectivity index (χ0n) is 14.4. The molecular weight excluding hydrogens is 395 g/mol. The molecule has 1 aliphatic heterocycles. The van der Waals surface area contributed by atoms with E-state index < -0.39 is 20.9 Å². The maximum absolute atomic E-state index is 13.1. The molecule has 1 aromatic carbocycles. The highest BCUT2D eigenvalue weighted by atomic mass is 32.2. The smallest absolute Gasteiger partial charge is 0.278 e. The van der Waals surface area contributed by atoms with E-state index in [1.165, 1.54) is 24.3 Å². The van der Waals surface area contributed by atoms with Gasteiger partial charge in [0.15, 0.2) is 25.8 Å². The normalized spacial score (nSPS) is 15.6. The maximum Gasteiger partial charge on any atom is 0.278 e. The molecule has 1 aliphatic rings. The Kier molecular flexibility index (Phi) is 5.82. The van der Waals surface area contributed by atoms with Crippen molar-refractivity contribution < 1.29 is 22.3 Å². The molecule has 3 rings (SSSR count). The first kappa shape index (κ1) is 19.4. The predicted octanol–water partition coefficient (Wildman–Crippen LogP) is 1.36. The van der Waals surface area contributed by atoms with Crippen molar-refractivity contribution in [2.24, 2.45) is 5.10 Å². The molecule has 1 N–H and O–H groups in total. The molecular formula is C16H17FN4O4S2. The molecule has 0 bridgehead atoms. The number of sulfone groups is 1. The van der Waals surface area contributed by atoms with Crippen LogP contribution in [-0.2, 0) is 19.4 Å². The number of morpholine rings is 1. The highest BCUT2D eigenvalue weighted by Crippen LogP contribution is 2.17. The van der Waals surface area contributed by atoms with Crippen LogP contribution in [-0.4, -0.2) is 62.6 Å². The van der Waals surface area contributed by atoms with Crippen LogP contribution in [0.2, 0.25) is 0 Å². The Morgan fingerprint density at radius 3 is 2.52 bits per heavy atom. The Hall–Kier alpha value is -2.37. The van der Waals surface area contributed by atoms with Gasteiger partial charge in [-0.25, -0.2) is 13.4 Å². The van der Waals surface area contributed by atoms with E-state index in [2.05, 4.69) is 15.4 Å². The summed E-state index contributed by atoms with van der Waals surface area (Å²) in [4.78, 5) is 16.6. The molecule has 0 radical (unpaired) electrons. The third-order valence-corrected chi connectivity index (χ3v) is 5.53. The molecule has 1 fully saturated rings. The number of ether oxygens (including phenoxy) is 1. The van der Waals surface area contributed by atoms with Gasteiger partial charge >= 0.3 is 0 Å². The molecule has 2 aromatic rings. The second-order valence-corrected chi connectivity index (χ2v) is 8.73. The lowest BCUT2D eigenvalue weighted by molar-refractivity contribution is -0.110. The molecule has 0 atom stereocenters. The molecule has 0 spiro atoms. The van der Waals surface area contributed by atoms with Crippen molar-refractivity contribution in [3.63, 3.8) is 0 Å². The summed E-state index contributed by atoms with van der Waals surface area (Å²) in [5.74, 6) is -0.567. The van der Waals surface area contributed by atoms with Crippen LogP contribution < -0.4 is 5.32 Å². The Morgan fingerprint density at radius 1 is 1.30 bits per heavy atom. The maximum atomic E-state index is 13.1. The number of nitrogens with zero attached hydrogens (tertiary/aromatic N) is 3. The van der Waals surface area contributed by atoms with Gasteiger partial charge in [0, 0.05) is 11.8 Å². The Bertz CT molecular complexity index is 951. The largest absolute Gasteiger partial charge is 0.378 e. The average Bonchev–Trinajstić information content (AvgIpc) is 3.04. The Morgan fingerprint density at radius 2 is 1.96 bits per heavy atom. The van der Waals surface area contributed by atoms with Gasteiger partial charge in [0.25, 0.3) is 5.91 Å². The summed E-state index contributed by atoms with van der Waals surface area (Å²) in [6.45, 7) is 2.01. The fraction of sp³-hybridized carbons (Fsp3) is 0.312. The topological polar surface area (TPSA) is 101 Å². The van der Waals surface area contributed by atoms with Crippen LogP contribution in [0, 0.1) is 5.13 Å². The van der Waals surface area contributed by atoms with Crippen LogP contribution >= 0.6 is 11.3 Å². The molecule has 0 unspecified atom stereocenters. The molecule has 2 heterocycles. The van der Waals surface area contributed by atoms with Gasteiger partial charge in [0.1, 0.15) is 0 Å². The highest BCUT2D eigenvalue weighted by molar-refractivity contribution is 7.90. The van der Waals surface area contributed by atoms with Crippen LogP contribution in [0.5, 0.6) is 0 Å². The van der Waals surface area contributed by atoms with Crippen LogP contribution in [0.3, 0.4) is 0 Å². The number of anilines is 1. The average molecular weight is 412 g/mol. The number of aromatic nitrogens is 1. The molecule has 11 heteroatoms. The van der Waals surface area contributed by atoms with E-state index in [4.69, 9.17) is 4.74 Å². The molecule has 1 amide bonds. The molecule has 27 heavy (non-hydrogen) atoms. The lowest BCUT2D eigenvalue weighted by Crippen LogP contribution is -2.35. The molecule has 8 nitrogen and oxygen atoms in total. The fourth-order valence-corrected chi connectivity index (χ4v) is 3.53. The minimum absolute atomic E-state index is 0.0764. The van der Waals surface area contributed by atoms with Gasteiger partial charge in [-0.15, -0.1) is 0 Å². The summed E-state index contributed by atoms with van der Waals surface area (Å²) in [6, 6.07) is 5.85. The number of halogens is 1. The summed E-state index contributed by atoms with van der Waals surface area (Å²) in [7, 11) is -3.36. The van der Waals surface area contributed by atoms with Crippen LogP contribution in [0.25, 0.3) is 0 Å². The summed E-state index contributed by atoms with van der Waals surface area (Å²) in [5.41, 5.74) is 0.510. The van der Waals surface area contributed by atoms with Crippen LogP contribution in [0.15, 0.2) is 40.5 Å². The number of amides is 1.